The van der Waals surface area contributed by atoms with E-state index in [1.807, 2.05) is 19.9 Å². The third-order valence-corrected chi connectivity index (χ3v) is 4.56. The van der Waals surface area contributed by atoms with Crippen molar-refractivity contribution in [3.63, 3.8) is 0 Å². The van der Waals surface area contributed by atoms with Crippen molar-refractivity contribution in [2.75, 3.05) is 18.5 Å². The zero-order valence-corrected chi connectivity index (χ0v) is 16.0. The molecule has 0 bridgehead atoms. The van der Waals surface area contributed by atoms with Crippen molar-refractivity contribution in [1.29, 1.82) is 0 Å². The van der Waals surface area contributed by atoms with Gasteiger partial charge in [0.15, 0.2) is 11.7 Å². The summed E-state index contributed by atoms with van der Waals surface area (Å²) in [6, 6.07) is 3.70. The number of aromatic nitrogens is 1. The van der Waals surface area contributed by atoms with Gasteiger partial charge in [0.1, 0.15) is 10.6 Å². The van der Waals surface area contributed by atoms with Crippen LogP contribution in [0.2, 0.25) is 5.02 Å². The monoisotopic (exact) mass is 382 g/mol. The molecule has 2 rings (SSSR count). The minimum atomic E-state index is -0.448. The fourth-order valence-electron chi connectivity index (χ4n) is 2.21. The third kappa shape index (κ3) is 4.93. The predicted octanol–water partition coefficient (Wildman–Crippen LogP) is 3.92. The van der Waals surface area contributed by atoms with Gasteiger partial charge in [-0.25, -0.2) is 9.78 Å². The Morgan fingerprint density at radius 2 is 2.00 bits per heavy atom. The lowest BCUT2D eigenvalue weighted by atomic mass is 10.1. The van der Waals surface area contributed by atoms with Crippen LogP contribution in [0.4, 0.5) is 5.13 Å². The number of thiazole rings is 1. The first-order chi connectivity index (χ1) is 11.8. The zero-order chi connectivity index (χ0) is 18.6. The van der Waals surface area contributed by atoms with E-state index in [0.717, 1.165) is 22.5 Å². The number of nitrogens with one attached hydrogen (secondary N) is 1. The molecule has 134 valence electrons. The van der Waals surface area contributed by atoms with Gasteiger partial charge >= 0.3 is 5.97 Å². The van der Waals surface area contributed by atoms with Crippen LogP contribution in [0.15, 0.2) is 12.1 Å². The average molecular weight is 383 g/mol. The van der Waals surface area contributed by atoms with E-state index in [2.05, 4.69) is 10.3 Å². The Kier molecular flexibility index (Phi) is 6.39. The highest BCUT2D eigenvalue weighted by Crippen LogP contribution is 2.30. The molecular formula is C17H19ClN2O4S. The third-order valence-electron chi connectivity index (χ3n) is 3.23. The standard InChI is InChI=1S/C17H19ClN2O4S/c1-5-23-16(22)15-11(4)19-17(25-15)20-13(21)8-24-14-10(3)6-9(2)7-12(14)18/h6-7H,5,8H2,1-4H3,(H,19,20,21). The minimum absolute atomic E-state index is 0.211. The average Bonchev–Trinajstić information content (AvgIpc) is 2.86. The Labute approximate surface area is 155 Å². The number of esters is 1. The van der Waals surface area contributed by atoms with Gasteiger partial charge in [0.25, 0.3) is 5.91 Å². The van der Waals surface area contributed by atoms with E-state index in [4.69, 9.17) is 21.1 Å². The first-order valence-corrected chi connectivity index (χ1v) is 8.85. The summed E-state index contributed by atoms with van der Waals surface area (Å²) in [4.78, 5) is 28.4. The number of hydrogen-bond acceptors (Lipinski definition) is 6. The molecule has 0 unspecified atom stereocenters. The molecule has 1 amide bonds. The second kappa shape index (κ2) is 8.31. The van der Waals surface area contributed by atoms with Crippen molar-refractivity contribution >= 4 is 39.9 Å². The number of rotatable bonds is 6. The van der Waals surface area contributed by atoms with Crippen LogP contribution in [0.25, 0.3) is 0 Å². The van der Waals surface area contributed by atoms with E-state index in [1.54, 1.807) is 19.9 Å². The van der Waals surface area contributed by atoms with Gasteiger partial charge in [-0.3, -0.25) is 10.1 Å². The van der Waals surface area contributed by atoms with E-state index in [9.17, 15) is 9.59 Å². The van der Waals surface area contributed by atoms with Crippen molar-refractivity contribution in [2.24, 2.45) is 0 Å². The molecule has 0 aliphatic carbocycles. The molecule has 1 N–H and O–H groups in total. The van der Waals surface area contributed by atoms with Crippen molar-refractivity contribution in [1.82, 2.24) is 4.98 Å². The molecule has 0 saturated carbocycles. The lowest BCUT2D eigenvalue weighted by Crippen LogP contribution is -2.20. The van der Waals surface area contributed by atoms with Gasteiger partial charge in [-0.2, -0.15) is 0 Å². The number of nitrogens with zero attached hydrogens (tertiary/aromatic N) is 1. The summed E-state index contributed by atoms with van der Waals surface area (Å²) in [5.41, 5.74) is 2.38. The Hall–Kier alpha value is -2.12. The maximum atomic E-state index is 12.1. The number of carbonyl (C=O) groups excluding carboxylic acids is 2. The van der Waals surface area contributed by atoms with Crippen molar-refractivity contribution in [2.45, 2.75) is 27.7 Å². The molecule has 6 nitrogen and oxygen atoms in total. The molecular weight excluding hydrogens is 364 g/mol. The Bertz CT molecular complexity index is 781. The summed E-state index contributed by atoms with van der Waals surface area (Å²) in [5.74, 6) is -0.360. The summed E-state index contributed by atoms with van der Waals surface area (Å²) in [5, 5.41) is 3.39. The highest BCUT2D eigenvalue weighted by molar-refractivity contribution is 7.17. The molecule has 0 radical (unpaired) electrons. The fourth-order valence-corrected chi connectivity index (χ4v) is 3.47. The molecule has 0 fully saturated rings. The van der Waals surface area contributed by atoms with E-state index in [1.165, 1.54) is 0 Å². The van der Waals surface area contributed by atoms with Crippen LogP contribution in [-0.4, -0.2) is 30.1 Å². The molecule has 1 aromatic carbocycles. The maximum Gasteiger partial charge on any atom is 0.350 e. The summed E-state index contributed by atoms with van der Waals surface area (Å²) in [7, 11) is 0. The molecule has 25 heavy (non-hydrogen) atoms. The van der Waals surface area contributed by atoms with Crippen molar-refractivity contribution in [3.8, 4) is 5.75 Å². The number of halogens is 1. The van der Waals surface area contributed by atoms with Gasteiger partial charge < -0.3 is 9.47 Å². The zero-order valence-electron chi connectivity index (χ0n) is 14.4. The lowest BCUT2D eigenvalue weighted by Gasteiger charge is -2.11. The fraction of sp³-hybridized carbons (Fsp3) is 0.353. The van der Waals surface area contributed by atoms with Crippen molar-refractivity contribution < 1.29 is 19.1 Å². The molecule has 8 heteroatoms. The minimum Gasteiger partial charge on any atom is -0.482 e. The van der Waals surface area contributed by atoms with Crippen LogP contribution in [0.5, 0.6) is 5.75 Å². The molecule has 1 heterocycles. The Morgan fingerprint density at radius 1 is 1.28 bits per heavy atom. The van der Waals surface area contributed by atoms with Gasteiger partial charge in [0.2, 0.25) is 0 Å². The second-order valence-corrected chi connectivity index (χ2v) is 6.79. The van der Waals surface area contributed by atoms with Crippen molar-refractivity contribution in [3.05, 3.63) is 38.9 Å². The smallest absolute Gasteiger partial charge is 0.350 e. The Balaban J connectivity index is 1.99. The van der Waals surface area contributed by atoms with E-state index >= 15 is 0 Å². The van der Waals surface area contributed by atoms with Crippen LogP contribution in [0.3, 0.4) is 0 Å². The first kappa shape index (κ1) is 19.2. The van der Waals surface area contributed by atoms with Crippen LogP contribution in [0, 0.1) is 20.8 Å². The highest BCUT2D eigenvalue weighted by atomic mass is 35.5. The number of anilines is 1. The molecule has 0 aliphatic heterocycles. The quantitative estimate of drug-likeness (QED) is 0.766. The van der Waals surface area contributed by atoms with E-state index in [-0.39, 0.29) is 19.1 Å². The molecule has 0 aliphatic rings. The maximum absolute atomic E-state index is 12.1. The summed E-state index contributed by atoms with van der Waals surface area (Å²) in [6.07, 6.45) is 0. The number of aryl methyl sites for hydroxylation is 3. The summed E-state index contributed by atoms with van der Waals surface area (Å²) in [6.45, 7) is 7.28. The van der Waals surface area contributed by atoms with Gasteiger partial charge in [-0.05, 0) is 44.9 Å². The number of benzene rings is 1. The summed E-state index contributed by atoms with van der Waals surface area (Å²) >= 11 is 7.22. The predicted molar refractivity (Wildman–Crippen MR) is 97.9 cm³/mol. The first-order valence-electron chi connectivity index (χ1n) is 7.65. The number of amides is 1. The number of hydrogen-bond donors (Lipinski definition) is 1. The second-order valence-electron chi connectivity index (χ2n) is 5.38. The van der Waals surface area contributed by atoms with Crippen LogP contribution in [0.1, 0.15) is 33.4 Å². The van der Waals surface area contributed by atoms with E-state index < -0.39 is 5.97 Å². The normalized spacial score (nSPS) is 10.4. The van der Waals surface area contributed by atoms with Gasteiger partial charge in [0, 0.05) is 0 Å². The topological polar surface area (TPSA) is 77.5 Å². The van der Waals surface area contributed by atoms with Crippen LogP contribution in [-0.2, 0) is 9.53 Å². The lowest BCUT2D eigenvalue weighted by molar-refractivity contribution is -0.118. The largest absolute Gasteiger partial charge is 0.482 e. The Morgan fingerprint density at radius 3 is 2.64 bits per heavy atom. The van der Waals surface area contributed by atoms with Gasteiger partial charge in [-0.15, -0.1) is 0 Å². The summed E-state index contributed by atoms with van der Waals surface area (Å²) < 4.78 is 10.5. The number of carbonyl (C=O) groups is 2. The SMILES string of the molecule is CCOC(=O)c1sc(NC(=O)COc2c(C)cc(C)cc2Cl)nc1C. The van der Waals surface area contributed by atoms with E-state index in [0.29, 0.717) is 26.5 Å². The van der Waals surface area contributed by atoms with Gasteiger partial charge in [0.05, 0.1) is 17.3 Å². The molecule has 0 atom stereocenters. The molecule has 0 spiro atoms. The van der Waals surface area contributed by atoms with Gasteiger partial charge in [-0.1, -0.05) is 29.0 Å². The molecule has 2 aromatic rings. The molecule has 1 aromatic heterocycles. The van der Waals surface area contributed by atoms with Crippen LogP contribution >= 0.6 is 22.9 Å². The highest BCUT2D eigenvalue weighted by Gasteiger charge is 2.18. The molecule has 0 saturated heterocycles. The number of ether oxygens (including phenoxy) is 2. The van der Waals surface area contributed by atoms with Crippen LogP contribution < -0.4 is 10.1 Å².